The Morgan fingerprint density at radius 1 is 0.682 bits per heavy atom. The maximum absolute atomic E-state index is 2.34. The van der Waals surface area contributed by atoms with Crippen LogP contribution in [0.15, 0.2) is 42.7 Å². The normalized spacial score (nSPS) is 11.1. The Hall–Kier alpha value is -1.37. The summed E-state index contributed by atoms with van der Waals surface area (Å²) in [6, 6.07) is 10.8. The van der Waals surface area contributed by atoms with Crippen LogP contribution >= 0.6 is 0 Å². The molecule has 0 bridgehead atoms. The molecule has 1 aromatic carbocycles. The molecule has 0 atom stereocenters. The van der Waals surface area contributed by atoms with Gasteiger partial charge >= 0.3 is 0 Å². The molecule has 0 aliphatic rings. The molecule has 0 fully saturated rings. The first-order valence-electron chi connectivity index (χ1n) is 9.28. The van der Waals surface area contributed by atoms with Crippen molar-refractivity contribution in [3.63, 3.8) is 0 Å². The van der Waals surface area contributed by atoms with Gasteiger partial charge in [-0.25, -0.2) is 4.57 Å². The number of unbranched alkanes of at least 4 members (excludes halogenated alkanes) is 9. The summed E-state index contributed by atoms with van der Waals surface area (Å²) >= 11 is 0. The van der Waals surface area contributed by atoms with Crippen LogP contribution in [0.5, 0.6) is 0 Å². The zero-order valence-electron chi connectivity index (χ0n) is 14.3. The molecule has 0 saturated heterocycles. The van der Waals surface area contributed by atoms with E-state index in [9.17, 15) is 0 Å². The molecule has 0 amide bonds. The maximum atomic E-state index is 2.34. The van der Waals surface area contributed by atoms with E-state index in [4.69, 9.17) is 0 Å². The van der Waals surface area contributed by atoms with E-state index < -0.39 is 0 Å². The van der Waals surface area contributed by atoms with Crippen LogP contribution in [0.4, 0.5) is 0 Å². The molecule has 1 heterocycles. The lowest BCUT2D eigenvalue weighted by Crippen LogP contribution is -2.32. The fourth-order valence-corrected chi connectivity index (χ4v) is 3.10. The molecule has 2 aromatic rings. The molecule has 22 heavy (non-hydrogen) atoms. The van der Waals surface area contributed by atoms with Crippen LogP contribution in [0, 0.1) is 0 Å². The van der Waals surface area contributed by atoms with Crippen molar-refractivity contribution in [3.8, 4) is 0 Å². The van der Waals surface area contributed by atoms with Gasteiger partial charge in [0, 0.05) is 17.9 Å². The van der Waals surface area contributed by atoms with Gasteiger partial charge in [0.05, 0.1) is 0 Å². The zero-order valence-corrected chi connectivity index (χ0v) is 14.3. The number of hydrogen-bond acceptors (Lipinski definition) is 0. The molecule has 120 valence electrons. The third kappa shape index (κ3) is 6.17. The highest BCUT2D eigenvalue weighted by Gasteiger charge is 2.02. The summed E-state index contributed by atoms with van der Waals surface area (Å²) in [5.41, 5.74) is 0. The second-order valence-electron chi connectivity index (χ2n) is 6.49. The first-order chi connectivity index (χ1) is 10.9. The minimum absolute atomic E-state index is 1.15. The van der Waals surface area contributed by atoms with Gasteiger partial charge in [-0.2, -0.15) is 0 Å². The van der Waals surface area contributed by atoms with Crippen molar-refractivity contribution in [2.45, 2.75) is 77.7 Å². The van der Waals surface area contributed by atoms with Crippen molar-refractivity contribution in [2.24, 2.45) is 0 Å². The minimum atomic E-state index is 1.15. The van der Waals surface area contributed by atoms with E-state index in [1.54, 1.807) is 0 Å². The molecule has 0 unspecified atom stereocenters. The number of aryl methyl sites for hydroxylation is 1. The SMILES string of the molecule is CCCCCCCCCCCC[n+]1ccc2ccccc2c1. The van der Waals surface area contributed by atoms with Gasteiger partial charge in [-0.05, 0) is 17.9 Å². The number of nitrogens with zero attached hydrogens (tertiary/aromatic N) is 1. The molecule has 0 radical (unpaired) electrons. The Balaban J connectivity index is 1.54. The van der Waals surface area contributed by atoms with Gasteiger partial charge < -0.3 is 0 Å². The molecule has 1 heteroatoms. The van der Waals surface area contributed by atoms with Crippen LogP contribution in [-0.2, 0) is 6.54 Å². The molecule has 0 aliphatic carbocycles. The van der Waals surface area contributed by atoms with Crippen LogP contribution in [0.1, 0.15) is 71.1 Å². The van der Waals surface area contributed by atoms with Gasteiger partial charge in [0.15, 0.2) is 12.4 Å². The molecule has 1 aromatic heterocycles. The van der Waals surface area contributed by atoms with Crippen LogP contribution in [-0.4, -0.2) is 0 Å². The van der Waals surface area contributed by atoms with E-state index in [-0.39, 0.29) is 0 Å². The molecule has 0 spiro atoms. The predicted octanol–water partition coefficient (Wildman–Crippen LogP) is 6.05. The first-order valence-corrected chi connectivity index (χ1v) is 9.28. The van der Waals surface area contributed by atoms with E-state index >= 15 is 0 Å². The molecular formula is C21H32N+. The first kappa shape index (κ1) is 17.0. The summed E-state index contributed by atoms with van der Waals surface area (Å²) in [5.74, 6) is 0. The molecule has 0 aliphatic heterocycles. The van der Waals surface area contributed by atoms with Crippen molar-refractivity contribution in [2.75, 3.05) is 0 Å². The number of aromatic nitrogens is 1. The summed E-state index contributed by atoms with van der Waals surface area (Å²) < 4.78 is 2.34. The van der Waals surface area contributed by atoms with Crippen molar-refractivity contribution in [3.05, 3.63) is 42.7 Å². The lowest BCUT2D eigenvalue weighted by atomic mass is 10.1. The zero-order chi connectivity index (χ0) is 15.5. The fraction of sp³-hybridized carbons (Fsp3) is 0.571. The largest absolute Gasteiger partial charge is 0.205 e. The Morgan fingerprint density at radius 3 is 1.95 bits per heavy atom. The second-order valence-corrected chi connectivity index (χ2v) is 6.49. The van der Waals surface area contributed by atoms with Gasteiger partial charge in [0.1, 0.15) is 6.54 Å². The quantitative estimate of drug-likeness (QED) is 0.351. The van der Waals surface area contributed by atoms with Gasteiger partial charge in [0.2, 0.25) is 0 Å². The fourth-order valence-electron chi connectivity index (χ4n) is 3.10. The van der Waals surface area contributed by atoms with Crippen molar-refractivity contribution in [1.82, 2.24) is 0 Å². The summed E-state index contributed by atoms with van der Waals surface area (Å²) in [7, 11) is 0. The molecular weight excluding hydrogens is 266 g/mol. The Labute approximate surface area is 136 Å². The van der Waals surface area contributed by atoms with Crippen molar-refractivity contribution >= 4 is 10.8 Å². The van der Waals surface area contributed by atoms with E-state index in [1.165, 1.54) is 75.0 Å². The Morgan fingerprint density at radius 2 is 1.27 bits per heavy atom. The third-order valence-corrected chi connectivity index (χ3v) is 4.52. The van der Waals surface area contributed by atoms with Gasteiger partial charge in [0.25, 0.3) is 0 Å². The lowest BCUT2D eigenvalue weighted by Gasteiger charge is -2.02. The van der Waals surface area contributed by atoms with Crippen LogP contribution < -0.4 is 4.57 Å². The smallest absolute Gasteiger partial charge is 0.176 e. The summed E-state index contributed by atoms with van der Waals surface area (Å²) in [6.45, 7) is 3.44. The molecule has 1 nitrogen and oxygen atoms in total. The number of hydrogen-bond donors (Lipinski definition) is 0. The standard InChI is InChI=1S/C21H32N/c1-2-3-4-5-6-7-8-9-10-13-17-22-18-16-20-14-11-12-15-21(20)19-22/h11-12,14-16,18-19H,2-10,13,17H2,1H3/q+1. The summed E-state index contributed by atoms with van der Waals surface area (Å²) in [5, 5.41) is 2.68. The van der Waals surface area contributed by atoms with Crippen LogP contribution in [0.2, 0.25) is 0 Å². The van der Waals surface area contributed by atoms with Crippen LogP contribution in [0.25, 0.3) is 10.8 Å². The monoisotopic (exact) mass is 298 g/mol. The topological polar surface area (TPSA) is 3.88 Å². The highest BCUT2D eigenvalue weighted by Crippen LogP contribution is 2.11. The number of fused-ring (bicyclic) bond motifs is 1. The van der Waals surface area contributed by atoms with Gasteiger partial charge in [-0.1, -0.05) is 76.5 Å². The number of pyridine rings is 1. The number of benzene rings is 1. The average molecular weight is 298 g/mol. The molecule has 0 saturated carbocycles. The third-order valence-electron chi connectivity index (χ3n) is 4.52. The summed E-state index contributed by atoms with van der Waals surface area (Å²) in [4.78, 5) is 0. The maximum Gasteiger partial charge on any atom is 0.176 e. The average Bonchev–Trinajstić information content (AvgIpc) is 2.56. The van der Waals surface area contributed by atoms with Gasteiger partial charge in [-0.15, -0.1) is 0 Å². The summed E-state index contributed by atoms with van der Waals surface area (Å²) in [6.07, 6.45) is 18.5. The highest BCUT2D eigenvalue weighted by atomic mass is 14.9. The van der Waals surface area contributed by atoms with Crippen molar-refractivity contribution < 1.29 is 4.57 Å². The van der Waals surface area contributed by atoms with E-state index in [2.05, 4.69) is 54.2 Å². The highest BCUT2D eigenvalue weighted by molar-refractivity contribution is 5.80. The van der Waals surface area contributed by atoms with E-state index in [1.807, 2.05) is 0 Å². The van der Waals surface area contributed by atoms with Crippen LogP contribution in [0.3, 0.4) is 0 Å². The molecule has 0 N–H and O–H groups in total. The lowest BCUT2D eigenvalue weighted by molar-refractivity contribution is -0.696. The second kappa shape index (κ2) is 10.4. The number of rotatable bonds is 11. The predicted molar refractivity (Wildman–Crippen MR) is 96.0 cm³/mol. The van der Waals surface area contributed by atoms with E-state index in [0.717, 1.165) is 6.54 Å². The Bertz CT molecular complexity index is 532. The minimum Gasteiger partial charge on any atom is -0.205 e. The molecule has 2 rings (SSSR count). The van der Waals surface area contributed by atoms with Gasteiger partial charge in [-0.3, -0.25) is 0 Å². The van der Waals surface area contributed by atoms with E-state index in [0.29, 0.717) is 0 Å². The van der Waals surface area contributed by atoms with Crippen molar-refractivity contribution in [1.29, 1.82) is 0 Å². The Kier molecular flexibility index (Phi) is 8.01.